The number of aldehydes is 1. The summed E-state index contributed by atoms with van der Waals surface area (Å²) in [5.74, 6) is 1.05. The number of carbonyl (C=O) groups is 1. The van der Waals surface area contributed by atoms with Crippen LogP contribution in [0.2, 0.25) is 0 Å². The van der Waals surface area contributed by atoms with Crippen LogP contribution in [0.15, 0.2) is 4.52 Å². The SMILES string of the molecule is CCN1CCC(c2nc(C=O)no2)C1. The van der Waals surface area contributed by atoms with E-state index in [0.717, 1.165) is 26.1 Å². The van der Waals surface area contributed by atoms with Crippen LogP contribution in [0.4, 0.5) is 0 Å². The molecular weight excluding hydrogens is 182 g/mol. The van der Waals surface area contributed by atoms with E-state index < -0.39 is 0 Å². The summed E-state index contributed by atoms with van der Waals surface area (Å²) in [5.41, 5.74) is 0. The van der Waals surface area contributed by atoms with Crippen molar-refractivity contribution in [1.82, 2.24) is 15.0 Å². The molecule has 1 fully saturated rings. The van der Waals surface area contributed by atoms with Gasteiger partial charge in [-0.2, -0.15) is 4.98 Å². The Bertz CT molecular complexity index is 324. The van der Waals surface area contributed by atoms with Gasteiger partial charge in [0.25, 0.3) is 0 Å². The van der Waals surface area contributed by atoms with Crippen LogP contribution in [0.25, 0.3) is 0 Å². The predicted molar refractivity (Wildman–Crippen MR) is 49.2 cm³/mol. The summed E-state index contributed by atoms with van der Waals surface area (Å²) in [4.78, 5) is 16.7. The molecule has 1 atom stereocenters. The monoisotopic (exact) mass is 195 g/mol. The molecular formula is C9H13N3O2. The van der Waals surface area contributed by atoms with E-state index in [1.165, 1.54) is 0 Å². The van der Waals surface area contributed by atoms with E-state index in [-0.39, 0.29) is 5.82 Å². The maximum atomic E-state index is 10.4. The van der Waals surface area contributed by atoms with Gasteiger partial charge in [0.2, 0.25) is 11.7 Å². The molecule has 1 aromatic rings. The first kappa shape index (κ1) is 9.33. The molecule has 0 radical (unpaired) electrons. The van der Waals surface area contributed by atoms with Crippen molar-refractivity contribution in [2.75, 3.05) is 19.6 Å². The molecule has 14 heavy (non-hydrogen) atoms. The van der Waals surface area contributed by atoms with Crippen LogP contribution in [0.3, 0.4) is 0 Å². The fourth-order valence-electron chi connectivity index (χ4n) is 1.78. The van der Waals surface area contributed by atoms with Crippen molar-refractivity contribution in [2.45, 2.75) is 19.3 Å². The highest BCUT2D eigenvalue weighted by molar-refractivity contribution is 5.68. The van der Waals surface area contributed by atoms with Crippen molar-refractivity contribution in [1.29, 1.82) is 0 Å². The Morgan fingerprint density at radius 3 is 3.14 bits per heavy atom. The minimum absolute atomic E-state index is 0.148. The Kier molecular flexibility index (Phi) is 2.58. The number of rotatable bonds is 3. The number of nitrogens with zero attached hydrogens (tertiary/aromatic N) is 3. The van der Waals surface area contributed by atoms with Crippen molar-refractivity contribution in [2.24, 2.45) is 0 Å². The van der Waals surface area contributed by atoms with Gasteiger partial charge >= 0.3 is 0 Å². The second-order valence-corrected chi connectivity index (χ2v) is 3.49. The predicted octanol–water partition coefficient (Wildman–Crippen LogP) is 0.691. The zero-order valence-corrected chi connectivity index (χ0v) is 8.14. The summed E-state index contributed by atoms with van der Waals surface area (Å²) >= 11 is 0. The zero-order chi connectivity index (χ0) is 9.97. The summed E-state index contributed by atoms with van der Waals surface area (Å²) in [6, 6.07) is 0. The third kappa shape index (κ3) is 1.68. The Hall–Kier alpha value is -1.23. The van der Waals surface area contributed by atoms with E-state index >= 15 is 0 Å². The van der Waals surface area contributed by atoms with Crippen molar-refractivity contribution in [3.8, 4) is 0 Å². The molecule has 1 unspecified atom stereocenters. The molecule has 0 bridgehead atoms. The summed E-state index contributed by atoms with van der Waals surface area (Å²) in [5, 5.41) is 3.56. The minimum atomic E-state index is 0.148. The molecule has 1 aromatic heterocycles. The van der Waals surface area contributed by atoms with E-state index in [1.54, 1.807) is 0 Å². The van der Waals surface area contributed by atoms with E-state index in [1.807, 2.05) is 0 Å². The molecule has 1 aliphatic rings. The van der Waals surface area contributed by atoms with Crippen LogP contribution in [0.1, 0.15) is 35.8 Å². The van der Waals surface area contributed by atoms with Crippen LogP contribution < -0.4 is 0 Å². The molecule has 5 nitrogen and oxygen atoms in total. The topological polar surface area (TPSA) is 59.2 Å². The third-order valence-electron chi connectivity index (χ3n) is 2.63. The first-order valence-corrected chi connectivity index (χ1v) is 4.84. The maximum absolute atomic E-state index is 10.4. The van der Waals surface area contributed by atoms with Gasteiger partial charge in [-0.1, -0.05) is 12.1 Å². The van der Waals surface area contributed by atoms with Gasteiger partial charge in [0, 0.05) is 6.54 Å². The van der Waals surface area contributed by atoms with Gasteiger partial charge < -0.3 is 9.42 Å². The lowest BCUT2D eigenvalue weighted by Gasteiger charge is -2.10. The normalized spacial score (nSPS) is 22.8. The fourth-order valence-corrected chi connectivity index (χ4v) is 1.78. The molecule has 76 valence electrons. The average molecular weight is 195 g/mol. The van der Waals surface area contributed by atoms with Gasteiger partial charge in [-0.25, -0.2) is 0 Å². The lowest BCUT2D eigenvalue weighted by molar-refractivity contribution is 0.111. The van der Waals surface area contributed by atoms with Gasteiger partial charge in [0.05, 0.1) is 5.92 Å². The molecule has 5 heteroatoms. The molecule has 0 aromatic carbocycles. The summed E-state index contributed by atoms with van der Waals surface area (Å²) in [6.07, 6.45) is 1.65. The van der Waals surface area contributed by atoms with Gasteiger partial charge in [-0.15, -0.1) is 0 Å². The molecule has 0 aliphatic carbocycles. The Labute approximate surface area is 82.1 Å². The Morgan fingerprint density at radius 1 is 1.71 bits per heavy atom. The van der Waals surface area contributed by atoms with Gasteiger partial charge in [-0.3, -0.25) is 4.79 Å². The quantitative estimate of drug-likeness (QED) is 0.664. The van der Waals surface area contributed by atoms with E-state index in [0.29, 0.717) is 18.1 Å². The maximum Gasteiger partial charge on any atom is 0.235 e. The molecule has 1 aliphatic heterocycles. The van der Waals surface area contributed by atoms with E-state index in [2.05, 4.69) is 22.0 Å². The standard InChI is InChI=1S/C9H13N3O2/c1-2-12-4-3-7(5-12)9-10-8(6-13)11-14-9/h6-7H,2-5H2,1H3. The lowest BCUT2D eigenvalue weighted by atomic mass is 10.1. The number of likely N-dealkylation sites (N-methyl/N-ethyl adjacent to an activating group) is 1. The highest BCUT2D eigenvalue weighted by atomic mass is 16.5. The van der Waals surface area contributed by atoms with Crippen LogP contribution >= 0.6 is 0 Å². The van der Waals surface area contributed by atoms with Crippen LogP contribution in [0, 0.1) is 0 Å². The van der Waals surface area contributed by atoms with Gasteiger partial charge in [0.15, 0.2) is 6.29 Å². The van der Waals surface area contributed by atoms with Crippen molar-refractivity contribution in [3.05, 3.63) is 11.7 Å². The first-order chi connectivity index (χ1) is 6.83. The Balaban J connectivity index is 2.05. The van der Waals surface area contributed by atoms with Crippen LogP contribution in [-0.2, 0) is 0 Å². The molecule has 2 heterocycles. The minimum Gasteiger partial charge on any atom is -0.339 e. The molecule has 0 spiro atoms. The number of aromatic nitrogens is 2. The molecule has 1 saturated heterocycles. The Morgan fingerprint density at radius 2 is 2.57 bits per heavy atom. The van der Waals surface area contributed by atoms with Gasteiger partial charge in [-0.05, 0) is 19.5 Å². The van der Waals surface area contributed by atoms with Crippen LogP contribution in [-0.4, -0.2) is 41.0 Å². The van der Waals surface area contributed by atoms with E-state index in [9.17, 15) is 4.79 Å². The largest absolute Gasteiger partial charge is 0.339 e. The molecule has 0 N–H and O–H groups in total. The number of hydrogen-bond acceptors (Lipinski definition) is 5. The van der Waals surface area contributed by atoms with Gasteiger partial charge in [0.1, 0.15) is 0 Å². The third-order valence-corrected chi connectivity index (χ3v) is 2.63. The van der Waals surface area contributed by atoms with Crippen molar-refractivity contribution >= 4 is 6.29 Å². The zero-order valence-electron chi connectivity index (χ0n) is 8.14. The summed E-state index contributed by atoms with van der Waals surface area (Å²) in [6.45, 7) is 5.20. The fraction of sp³-hybridized carbons (Fsp3) is 0.667. The highest BCUT2D eigenvalue weighted by Crippen LogP contribution is 2.25. The first-order valence-electron chi connectivity index (χ1n) is 4.84. The number of likely N-dealkylation sites (tertiary alicyclic amines) is 1. The smallest absolute Gasteiger partial charge is 0.235 e. The summed E-state index contributed by atoms with van der Waals surface area (Å²) < 4.78 is 5.01. The van der Waals surface area contributed by atoms with Crippen LogP contribution in [0.5, 0.6) is 0 Å². The molecule has 0 saturated carbocycles. The van der Waals surface area contributed by atoms with Crippen molar-refractivity contribution in [3.63, 3.8) is 0 Å². The highest BCUT2D eigenvalue weighted by Gasteiger charge is 2.27. The lowest BCUT2D eigenvalue weighted by Crippen LogP contribution is -2.19. The number of hydrogen-bond donors (Lipinski definition) is 0. The molecule has 2 rings (SSSR count). The molecule has 0 amide bonds. The summed E-state index contributed by atoms with van der Waals surface area (Å²) in [7, 11) is 0. The number of carbonyl (C=O) groups excluding carboxylic acids is 1. The van der Waals surface area contributed by atoms with Crippen molar-refractivity contribution < 1.29 is 9.32 Å². The second kappa shape index (κ2) is 3.88. The van der Waals surface area contributed by atoms with E-state index in [4.69, 9.17) is 4.52 Å². The average Bonchev–Trinajstić information content (AvgIpc) is 2.86. The second-order valence-electron chi connectivity index (χ2n) is 3.49.